The fourth-order valence-corrected chi connectivity index (χ4v) is 1.58. The van der Waals surface area contributed by atoms with Crippen molar-refractivity contribution in [2.24, 2.45) is 0 Å². The van der Waals surface area contributed by atoms with Crippen LogP contribution in [0.25, 0.3) is 0 Å². The second-order valence-electron chi connectivity index (χ2n) is 3.53. The molecule has 1 N–H and O–H groups in total. The van der Waals surface area contributed by atoms with Crippen molar-refractivity contribution >= 4 is 23.3 Å². The van der Waals surface area contributed by atoms with Crippen LogP contribution in [0.4, 0.5) is 5.82 Å². The molecule has 4 nitrogen and oxygen atoms in total. The van der Waals surface area contributed by atoms with Crippen LogP contribution in [-0.4, -0.2) is 15.9 Å². The highest BCUT2D eigenvalue weighted by Crippen LogP contribution is 2.20. The van der Waals surface area contributed by atoms with Crippen LogP contribution in [0.5, 0.6) is 0 Å². The van der Waals surface area contributed by atoms with E-state index in [9.17, 15) is 4.79 Å². The molecule has 0 atom stereocenters. The van der Waals surface area contributed by atoms with E-state index in [0.29, 0.717) is 16.4 Å². The maximum Gasteiger partial charge on any atom is 0.256 e. The molecule has 0 radical (unpaired) electrons. The summed E-state index contributed by atoms with van der Waals surface area (Å²) in [4.78, 5) is 19.7. The third-order valence-electron chi connectivity index (χ3n) is 2.15. The normalized spacial score (nSPS) is 10.0. The molecule has 0 aliphatic rings. The van der Waals surface area contributed by atoms with E-state index in [0.717, 1.165) is 5.56 Å². The first-order chi connectivity index (χ1) is 8.16. The van der Waals surface area contributed by atoms with Gasteiger partial charge in [0.05, 0.1) is 5.02 Å². The molecule has 0 bridgehead atoms. The van der Waals surface area contributed by atoms with E-state index >= 15 is 0 Å². The summed E-state index contributed by atoms with van der Waals surface area (Å²) < 4.78 is 0. The topological polar surface area (TPSA) is 54.9 Å². The molecule has 1 amide bonds. The number of carbonyl (C=O) groups is 1. The number of pyridine rings is 2. The summed E-state index contributed by atoms with van der Waals surface area (Å²) in [6, 6.07) is 4.99. The Morgan fingerprint density at radius 3 is 2.71 bits per heavy atom. The van der Waals surface area contributed by atoms with Crippen molar-refractivity contribution in [1.82, 2.24) is 9.97 Å². The van der Waals surface area contributed by atoms with Crippen LogP contribution >= 0.6 is 11.6 Å². The molecule has 0 spiro atoms. The fourth-order valence-electron chi connectivity index (χ4n) is 1.31. The molecule has 0 aliphatic carbocycles. The Kier molecular flexibility index (Phi) is 3.35. The Labute approximate surface area is 104 Å². The summed E-state index contributed by atoms with van der Waals surface area (Å²) in [6.07, 6.45) is 4.76. The molecule has 0 saturated carbocycles. The molecule has 2 heterocycles. The molecule has 5 heteroatoms. The third kappa shape index (κ3) is 2.79. The maximum absolute atomic E-state index is 11.8. The zero-order valence-corrected chi connectivity index (χ0v) is 9.90. The number of aryl methyl sites for hydroxylation is 1. The van der Waals surface area contributed by atoms with E-state index in [-0.39, 0.29) is 5.91 Å². The maximum atomic E-state index is 11.8. The molecule has 0 saturated heterocycles. The van der Waals surface area contributed by atoms with Gasteiger partial charge in [0.25, 0.3) is 5.91 Å². The minimum Gasteiger partial charge on any atom is -0.305 e. The van der Waals surface area contributed by atoms with E-state index in [1.807, 2.05) is 6.92 Å². The van der Waals surface area contributed by atoms with Crippen molar-refractivity contribution in [3.63, 3.8) is 0 Å². The van der Waals surface area contributed by atoms with Crippen molar-refractivity contribution in [2.75, 3.05) is 5.32 Å². The highest BCUT2D eigenvalue weighted by atomic mass is 35.5. The third-order valence-corrected chi connectivity index (χ3v) is 2.44. The van der Waals surface area contributed by atoms with Gasteiger partial charge in [0.1, 0.15) is 0 Å². The van der Waals surface area contributed by atoms with Crippen LogP contribution in [0.1, 0.15) is 15.9 Å². The molecule has 2 aromatic heterocycles. The SMILES string of the molecule is Cc1cnc(NC(=O)c2ccncc2)c(Cl)c1. The average molecular weight is 248 g/mol. The number of rotatable bonds is 2. The lowest BCUT2D eigenvalue weighted by Gasteiger charge is -2.06. The van der Waals surface area contributed by atoms with Crippen molar-refractivity contribution in [3.05, 3.63) is 52.9 Å². The largest absolute Gasteiger partial charge is 0.305 e. The van der Waals surface area contributed by atoms with Gasteiger partial charge in [-0.05, 0) is 30.7 Å². The monoisotopic (exact) mass is 247 g/mol. The number of hydrogen-bond donors (Lipinski definition) is 1. The summed E-state index contributed by atoms with van der Waals surface area (Å²) in [7, 11) is 0. The number of aromatic nitrogens is 2. The van der Waals surface area contributed by atoms with Crippen LogP contribution < -0.4 is 5.32 Å². The number of nitrogens with zero attached hydrogens (tertiary/aromatic N) is 2. The summed E-state index contributed by atoms with van der Waals surface area (Å²) in [5, 5.41) is 3.07. The van der Waals surface area contributed by atoms with Crippen LogP contribution in [0.15, 0.2) is 36.8 Å². The van der Waals surface area contributed by atoms with Crippen LogP contribution in [-0.2, 0) is 0 Å². The first kappa shape index (κ1) is 11.5. The van der Waals surface area contributed by atoms with Gasteiger partial charge in [-0.3, -0.25) is 9.78 Å². The molecule has 0 fully saturated rings. The standard InChI is InChI=1S/C12H10ClN3O/c1-8-6-10(13)11(15-7-8)16-12(17)9-2-4-14-5-3-9/h2-7H,1H3,(H,15,16,17). The van der Waals surface area contributed by atoms with Crippen LogP contribution in [0, 0.1) is 6.92 Å². The fraction of sp³-hybridized carbons (Fsp3) is 0.0833. The highest BCUT2D eigenvalue weighted by Gasteiger charge is 2.08. The van der Waals surface area contributed by atoms with Gasteiger partial charge in [-0.1, -0.05) is 11.6 Å². The van der Waals surface area contributed by atoms with Crippen molar-refractivity contribution in [3.8, 4) is 0 Å². The Morgan fingerprint density at radius 1 is 1.35 bits per heavy atom. The van der Waals surface area contributed by atoms with Gasteiger partial charge in [0.15, 0.2) is 5.82 Å². The zero-order chi connectivity index (χ0) is 12.3. The van der Waals surface area contributed by atoms with Crippen LogP contribution in [0.2, 0.25) is 5.02 Å². The Bertz CT molecular complexity index is 543. The van der Waals surface area contributed by atoms with Gasteiger partial charge in [0, 0.05) is 24.2 Å². The highest BCUT2D eigenvalue weighted by molar-refractivity contribution is 6.33. The molecular weight excluding hydrogens is 238 g/mol. The molecule has 0 unspecified atom stereocenters. The molecular formula is C12H10ClN3O. The van der Waals surface area contributed by atoms with E-state index in [2.05, 4.69) is 15.3 Å². The molecule has 17 heavy (non-hydrogen) atoms. The number of halogens is 1. The molecule has 2 rings (SSSR count). The van der Waals surface area contributed by atoms with Gasteiger partial charge < -0.3 is 5.32 Å². The van der Waals surface area contributed by atoms with E-state index in [1.54, 1.807) is 36.8 Å². The smallest absolute Gasteiger partial charge is 0.256 e. The van der Waals surface area contributed by atoms with E-state index in [4.69, 9.17) is 11.6 Å². The number of nitrogens with one attached hydrogen (secondary N) is 1. The molecule has 86 valence electrons. The number of hydrogen-bond acceptors (Lipinski definition) is 3. The summed E-state index contributed by atoms with van der Waals surface area (Å²) in [5.41, 5.74) is 1.45. The van der Waals surface area contributed by atoms with E-state index in [1.165, 1.54) is 0 Å². The molecule has 2 aromatic rings. The number of carbonyl (C=O) groups excluding carboxylic acids is 1. The van der Waals surface area contributed by atoms with Gasteiger partial charge >= 0.3 is 0 Å². The van der Waals surface area contributed by atoms with Gasteiger partial charge in [-0.25, -0.2) is 4.98 Å². The number of amides is 1. The van der Waals surface area contributed by atoms with E-state index < -0.39 is 0 Å². The lowest BCUT2D eigenvalue weighted by molar-refractivity contribution is 0.102. The average Bonchev–Trinajstić information content (AvgIpc) is 2.34. The van der Waals surface area contributed by atoms with Gasteiger partial charge in [-0.2, -0.15) is 0 Å². The minimum absolute atomic E-state index is 0.259. The molecule has 0 aromatic carbocycles. The summed E-state index contributed by atoms with van der Waals surface area (Å²) in [5.74, 6) is 0.102. The first-order valence-electron chi connectivity index (χ1n) is 5.00. The lowest BCUT2D eigenvalue weighted by atomic mass is 10.2. The van der Waals surface area contributed by atoms with Crippen molar-refractivity contribution < 1.29 is 4.79 Å². The first-order valence-corrected chi connectivity index (χ1v) is 5.38. The minimum atomic E-state index is -0.259. The second kappa shape index (κ2) is 4.93. The van der Waals surface area contributed by atoms with Gasteiger partial charge in [-0.15, -0.1) is 0 Å². The Morgan fingerprint density at radius 2 is 2.06 bits per heavy atom. The Balaban J connectivity index is 2.19. The predicted molar refractivity (Wildman–Crippen MR) is 66.2 cm³/mol. The van der Waals surface area contributed by atoms with Crippen molar-refractivity contribution in [1.29, 1.82) is 0 Å². The lowest BCUT2D eigenvalue weighted by Crippen LogP contribution is -2.13. The zero-order valence-electron chi connectivity index (χ0n) is 9.14. The number of anilines is 1. The predicted octanol–water partition coefficient (Wildman–Crippen LogP) is 2.69. The van der Waals surface area contributed by atoms with Crippen LogP contribution in [0.3, 0.4) is 0 Å². The molecule has 0 aliphatic heterocycles. The summed E-state index contributed by atoms with van der Waals surface area (Å²) >= 11 is 5.97. The Hall–Kier alpha value is -1.94. The van der Waals surface area contributed by atoms with Gasteiger partial charge in [0.2, 0.25) is 0 Å². The summed E-state index contributed by atoms with van der Waals surface area (Å²) in [6.45, 7) is 1.88. The van der Waals surface area contributed by atoms with Crippen molar-refractivity contribution in [2.45, 2.75) is 6.92 Å². The quantitative estimate of drug-likeness (QED) is 0.888. The second-order valence-corrected chi connectivity index (χ2v) is 3.94.